The molecule has 0 saturated carbocycles. The Balaban J connectivity index is 2.19. The smallest absolute Gasteiger partial charge is 0.272 e. The Kier molecular flexibility index (Phi) is 3.85. The van der Waals surface area contributed by atoms with Crippen molar-refractivity contribution in [1.82, 2.24) is 0 Å². The Morgan fingerprint density at radius 1 is 1.13 bits per heavy atom. The van der Waals surface area contributed by atoms with Crippen molar-refractivity contribution in [3.8, 4) is 5.75 Å². The minimum atomic E-state index is -3.36. The van der Waals surface area contributed by atoms with Crippen LogP contribution in [0.15, 0.2) is 53.4 Å². The van der Waals surface area contributed by atoms with E-state index in [-0.39, 0.29) is 16.6 Å². The average molecular weight is 331 g/mol. The molecule has 0 fully saturated rings. The molecule has 1 aliphatic heterocycles. The van der Waals surface area contributed by atoms with E-state index in [0.29, 0.717) is 17.1 Å². The zero-order chi connectivity index (χ0) is 16.6. The topological polar surface area (TPSA) is 63.7 Å². The van der Waals surface area contributed by atoms with Crippen molar-refractivity contribution in [1.29, 1.82) is 0 Å². The lowest BCUT2D eigenvalue weighted by Crippen LogP contribution is -2.41. The highest BCUT2D eigenvalue weighted by atomic mass is 32.2. The van der Waals surface area contributed by atoms with E-state index in [9.17, 15) is 13.2 Å². The fraction of sp³-hybridized carbons (Fsp3) is 0.235. The molecule has 2 aromatic carbocycles. The molecule has 3 rings (SSSR count). The van der Waals surface area contributed by atoms with E-state index >= 15 is 0 Å². The molecule has 120 valence electrons. The number of carbonyl (C=O) groups is 1. The summed E-state index contributed by atoms with van der Waals surface area (Å²) in [6.07, 6.45) is -0.628. The summed E-state index contributed by atoms with van der Waals surface area (Å²) >= 11 is 0. The highest BCUT2D eigenvalue weighted by Gasteiger charge is 2.33. The van der Waals surface area contributed by atoms with Crippen LogP contribution in [0, 0.1) is 0 Å². The number of para-hydroxylation sites is 1. The highest BCUT2D eigenvalue weighted by Crippen LogP contribution is 2.40. The van der Waals surface area contributed by atoms with E-state index in [1.165, 1.54) is 17.0 Å². The average Bonchev–Trinajstić information content (AvgIpc) is 2.56. The number of hydrogen-bond donors (Lipinski definition) is 0. The minimum absolute atomic E-state index is 0.00231. The van der Waals surface area contributed by atoms with Crippen molar-refractivity contribution in [2.24, 2.45) is 0 Å². The summed E-state index contributed by atoms with van der Waals surface area (Å²) < 4.78 is 29.9. The first-order valence-electron chi connectivity index (χ1n) is 7.36. The molecular weight excluding hydrogens is 314 g/mol. The van der Waals surface area contributed by atoms with Crippen LogP contribution in [0.1, 0.15) is 13.8 Å². The molecule has 0 N–H and O–H groups in total. The van der Waals surface area contributed by atoms with Crippen molar-refractivity contribution >= 4 is 27.1 Å². The van der Waals surface area contributed by atoms with Gasteiger partial charge in [-0.2, -0.15) is 0 Å². The van der Waals surface area contributed by atoms with Gasteiger partial charge >= 0.3 is 0 Å². The van der Waals surface area contributed by atoms with Gasteiger partial charge in [0.1, 0.15) is 5.75 Å². The number of anilines is 2. The van der Waals surface area contributed by atoms with Gasteiger partial charge in [0, 0.05) is 5.69 Å². The summed E-state index contributed by atoms with van der Waals surface area (Å²) in [6, 6.07) is 13.8. The van der Waals surface area contributed by atoms with Crippen LogP contribution in [0.2, 0.25) is 0 Å². The number of ether oxygens (including phenoxy) is 1. The fourth-order valence-electron chi connectivity index (χ4n) is 2.52. The second-order valence-electron chi connectivity index (χ2n) is 5.30. The number of hydrogen-bond acceptors (Lipinski definition) is 4. The van der Waals surface area contributed by atoms with E-state index < -0.39 is 15.9 Å². The first-order chi connectivity index (χ1) is 10.9. The first kappa shape index (κ1) is 15.6. The second-order valence-corrected chi connectivity index (χ2v) is 7.58. The van der Waals surface area contributed by atoms with E-state index in [0.717, 1.165) is 0 Å². The van der Waals surface area contributed by atoms with E-state index in [1.807, 2.05) is 18.2 Å². The third-order valence-corrected chi connectivity index (χ3v) is 5.53. The zero-order valence-corrected chi connectivity index (χ0v) is 13.7. The maximum atomic E-state index is 12.6. The molecule has 1 amide bonds. The van der Waals surface area contributed by atoms with Crippen LogP contribution in [0.3, 0.4) is 0 Å². The molecule has 1 atom stereocenters. The lowest BCUT2D eigenvalue weighted by atomic mass is 10.1. The summed E-state index contributed by atoms with van der Waals surface area (Å²) in [7, 11) is -3.36. The normalized spacial score (nSPS) is 17.6. The molecule has 23 heavy (non-hydrogen) atoms. The van der Waals surface area contributed by atoms with Crippen molar-refractivity contribution in [2.45, 2.75) is 24.8 Å². The summed E-state index contributed by atoms with van der Waals surface area (Å²) in [4.78, 5) is 14.3. The van der Waals surface area contributed by atoms with Crippen molar-refractivity contribution in [3.63, 3.8) is 0 Å². The Morgan fingerprint density at radius 2 is 1.83 bits per heavy atom. The molecule has 1 unspecified atom stereocenters. The molecular formula is C17H17NO4S. The van der Waals surface area contributed by atoms with Gasteiger partial charge in [0.15, 0.2) is 15.9 Å². The molecule has 0 bridgehead atoms. The number of rotatable bonds is 3. The Bertz CT molecular complexity index is 846. The van der Waals surface area contributed by atoms with Crippen LogP contribution in [-0.2, 0) is 14.6 Å². The van der Waals surface area contributed by atoms with E-state index in [4.69, 9.17) is 4.74 Å². The highest BCUT2D eigenvalue weighted by molar-refractivity contribution is 7.91. The monoisotopic (exact) mass is 331 g/mol. The van der Waals surface area contributed by atoms with Crippen molar-refractivity contribution < 1.29 is 17.9 Å². The quantitative estimate of drug-likeness (QED) is 0.867. The first-order valence-corrected chi connectivity index (χ1v) is 9.02. The summed E-state index contributed by atoms with van der Waals surface area (Å²) in [6.45, 7) is 3.27. The SMILES string of the molecule is CCS(=O)(=O)c1ccc2c(c1)N(c1ccccc1)C(=O)C(C)O2. The lowest BCUT2D eigenvalue weighted by molar-refractivity contribution is -0.124. The predicted molar refractivity (Wildman–Crippen MR) is 87.8 cm³/mol. The predicted octanol–water partition coefficient (Wildman–Crippen LogP) is 2.93. The number of carbonyl (C=O) groups excluding carboxylic acids is 1. The molecule has 0 spiro atoms. The van der Waals surface area contributed by atoms with Crippen molar-refractivity contribution in [3.05, 3.63) is 48.5 Å². The third kappa shape index (κ3) is 2.70. The van der Waals surface area contributed by atoms with Gasteiger partial charge < -0.3 is 4.74 Å². The fourth-order valence-corrected chi connectivity index (χ4v) is 3.42. The van der Waals surface area contributed by atoms with Gasteiger partial charge in [0.25, 0.3) is 5.91 Å². The number of fused-ring (bicyclic) bond motifs is 1. The standard InChI is InChI=1S/C17H17NO4S/c1-3-23(20,21)14-9-10-16-15(11-14)18(17(19)12(2)22-16)13-7-5-4-6-8-13/h4-12H,3H2,1-2H3. The maximum absolute atomic E-state index is 12.6. The van der Waals surface area contributed by atoms with Crippen molar-refractivity contribution in [2.75, 3.05) is 10.7 Å². The second kappa shape index (κ2) is 5.70. The van der Waals surface area contributed by atoms with Gasteiger partial charge in [-0.25, -0.2) is 8.42 Å². The molecule has 0 radical (unpaired) electrons. The molecule has 1 heterocycles. The maximum Gasteiger partial charge on any atom is 0.272 e. The lowest BCUT2D eigenvalue weighted by Gasteiger charge is -2.33. The largest absolute Gasteiger partial charge is 0.479 e. The van der Waals surface area contributed by atoms with Gasteiger partial charge in [0.05, 0.1) is 16.3 Å². The van der Waals surface area contributed by atoms with E-state index in [2.05, 4.69) is 0 Å². The summed E-state index contributed by atoms with van der Waals surface area (Å²) in [5.41, 5.74) is 1.13. The zero-order valence-electron chi connectivity index (χ0n) is 12.9. The molecule has 5 nitrogen and oxygen atoms in total. The van der Waals surface area contributed by atoms with Gasteiger partial charge in [-0.1, -0.05) is 25.1 Å². The Morgan fingerprint density at radius 3 is 2.48 bits per heavy atom. The molecule has 0 aromatic heterocycles. The van der Waals surface area contributed by atoms with Gasteiger partial charge in [-0.3, -0.25) is 9.69 Å². The van der Waals surface area contributed by atoms with Crippen LogP contribution < -0.4 is 9.64 Å². The molecule has 0 aliphatic carbocycles. The van der Waals surface area contributed by atoms with Gasteiger partial charge in [-0.15, -0.1) is 0 Å². The van der Waals surface area contributed by atoms with Gasteiger partial charge in [-0.05, 0) is 37.3 Å². The van der Waals surface area contributed by atoms with Crippen LogP contribution in [0.4, 0.5) is 11.4 Å². The summed E-state index contributed by atoms with van der Waals surface area (Å²) in [5, 5.41) is 0. The molecule has 1 aliphatic rings. The van der Waals surface area contributed by atoms with E-state index in [1.54, 1.807) is 32.0 Å². The third-order valence-electron chi connectivity index (χ3n) is 3.80. The molecule has 6 heteroatoms. The Labute approximate surface area is 135 Å². The number of sulfone groups is 1. The van der Waals surface area contributed by atoms with Crippen LogP contribution in [-0.4, -0.2) is 26.2 Å². The molecule has 0 saturated heterocycles. The number of nitrogens with zero attached hydrogens (tertiary/aromatic N) is 1. The molecule has 2 aromatic rings. The van der Waals surface area contributed by atoms with Crippen LogP contribution in [0.5, 0.6) is 5.75 Å². The van der Waals surface area contributed by atoms with Crippen LogP contribution >= 0.6 is 0 Å². The minimum Gasteiger partial charge on any atom is -0.479 e. The van der Waals surface area contributed by atoms with Gasteiger partial charge in [0.2, 0.25) is 0 Å². The summed E-state index contributed by atoms with van der Waals surface area (Å²) in [5.74, 6) is 0.272. The Hall–Kier alpha value is -2.34. The number of benzene rings is 2. The van der Waals surface area contributed by atoms with Crippen LogP contribution in [0.25, 0.3) is 0 Å². The number of amides is 1.